The van der Waals surface area contributed by atoms with Gasteiger partial charge in [0.05, 0.1) is 19.9 Å². The first-order valence-electron chi connectivity index (χ1n) is 8.41. The van der Waals surface area contributed by atoms with E-state index in [2.05, 4.69) is 0 Å². The number of rotatable bonds is 3. The molecule has 0 radical (unpaired) electrons. The number of methoxy groups -OCH3 is 2. The number of aromatic hydroxyl groups is 1. The second kappa shape index (κ2) is 6.26. The minimum atomic E-state index is -0.211. The van der Waals surface area contributed by atoms with Gasteiger partial charge in [-0.15, -0.1) is 0 Å². The first kappa shape index (κ1) is 16.3. The van der Waals surface area contributed by atoms with Crippen molar-refractivity contribution in [2.75, 3.05) is 14.2 Å². The summed E-state index contributed by atoms with van der Waals surface area (Å²) in [6.45, 7) is 0.552. The number of hydrogen-bond donors (Lipinski definition) is 1. The summed E-state index contributed by atoms with van der Waals surface area (Å²) in [5.74, 6) is 1.23. The van der Waals surface area contributed by atoms with Crippen molar-refractivity contribution in [1.29, 1.82) is 0 Å². The lowest BCUT2D eigenvalue weighted by Crippen LogP contribution is -2.26. The standard InChI is InChI=1S/C21H19NO4/c1-25-17-10-14-8-9-22-19(24)12-16(23)20(13-6-4-3-5-7-13)21(22)15(14)11-18(17)26-2/h3-7,10-12,23H,8-9H2,1-2H3. The Bertz CT molecular complexity index is 1040. The Balaban J connectivity index is 2.08. The van der Waals surface area contributed by atoms with Crippen LogP contribution in [0.25, 0.3) is 22.4 Å². The van der Waals surface area contributed by atoms with Gasteiger partial charge in [0.2, 0.25) is 0 Å². The number of ether oxygens (including phenoxy) is 2. The van der Waals surface area contributed by atoms with E-state index in [1.165, 1.54) is 6.07 Å². The van der Waals surface area contributed by atoms with E-state index < -0.39 is 0 Å². The molecule has 1 aromatic heterocycles. The molecule has 4 rings (SSSR count). The van der Waals surface area contributed by atoms with Crippen molar-refractivity contribution in [3.05, 3.63) is 64.4 Å². The maximum absolute atomic E-state index is 12.5. The van der Waals surface area contributed by atoms with Gasteiger partial charge in [-0.1, -0.05) is 30.3 Å². The molecule has 0 unspecified atom stereocenters. The van der Waals surface area contributed by atoms with E-state index >= 15 is 0 Å². The first-order valence-corrected chi connectivity index (χ1v) is 8.41. The minimum Gasteiger partial charge on any atom is -0.507 e. The van der Waals surface area contributed by atoms with Crippen LogP contribution in [0.2, 0.25) is 0 Å². The minimum absolute atomic E-state index is 0.0184. The summed E-state index contributed by atoms with van der Waals surface area (Å²) >= 11 is 0. The van der Waals surface area contributed by atoms with E-state index in [-0.39, 0.29) is 11.3 Å². The Morgan fingerprint density at radius 3 is 2.38 bits per heavy atom. The zero-order valence-electron chi connectivity index (χ0n) is 14.7. The molecule has 0 amide bonds. The third kappa shape index (κ3) is 2.44. The van der Waals surface area contributed by atoms with Crippen LogP contribution in [0, 0.1) is 0 Å². The van der Waals surface area contributed by atoms with Gasteiger partial charge in [-0.2, -0.15) is 0 Å². The molecule has 0 atom stereocenters. The number of aryl methyl sites for hydroxylation is 1. The highest BCUT2D eigenvalue weighted by Crippen LogP contribution is 2.44. The van der Waals surface area contributed by atoms with E-state index in [1.54, 1.807) is 18.8 Å². The average Bonchev–Trinajstić information content (AvgIpc) is 2.67. The smallest absolute Gasteiger partial charge is 0.254 e. The molecule has 5 heteroatoms. The normalized spacial score (nSPS) is 12.2. The van der Waals surface area contributed by atoms with Crippen molar-refractivity contribution in [2.24, 2.45) is 0 Å². The Morgan fingerprint density at radius 1 is 1.00 bits per heavy atom. The first-order chi connectivity index (χ1) is 12.6. The van der Waals surface area contributed by atoms with E-state index in [4.69, 9.17) is 9.47 Å². The molecule has 3 aromatic rings. The second-order valence-electron chi connectivity index (χ2n) is 6.22. The van der Waals surface area contributed by atoms with Crippen LogP contribution in [0.15, 0.2) is 53.3 Å². The molecule has 26 heavy (non-hydrogen) atoms. The molecule has 0 saturated heterocycles. The largest absolute Gasteiger partial charge is 0.507 e. The number of hydrogen-bond acceptors (Lipinski definition) is 4. The summed E-state index contributed by atoms with van der Waals surface area (Å²) < 4.78 is 12.6. The molecular formula is C21H19NO4. The number of benzene rings is 2. The molecule has 0 spiro atoms. The Labute approximate surface area is 151 Å². The van der Waals surface area contributed by atoms with Gasteiger partial charge in [-0.05, 0) is 29.7 Å². The van der Waals surface area contributed by atoms with Crippen LogP contribution < -0.4 is 15.0 Å². The van der Waals surface area contributed by atoms with Gasteiger partial charge in [0, 0.05) is 23.7 Å². The Morgan fingerprint density at radius 2 is 1.69 bits per heavy atom. The number of fused-ring (bicyclic) bond motifs is 3. The third-order valence-corrected chi connectivity index (χ3v) is 4.82. The molecule has 132 valence electrons. The fraction of sp³-hybridized carbons (Fsp3) is 0.190. The Hall–Kier alpha value is -3.21. The number of aromatic nitrogens is 1. The summed E-state index contributed by atoms with van der Waals surface area (Å²) in [6.07, 6.45) is 0.710. The Kier molecular flexibility index (Phi) is 3.92. The van der Waals surface area contributed by atoms with Crippen LogP contribution >= 0.6 is 0 Å². The molecule has 0 fully saturated rings. The van der Waals surface area contributed by atoms with Crippen molar-refractivity contribution in [3.63, 3.8) is 0 Å². The molecule has 0 saturated carbocycles. The van der Waals surface area contributed by atoms with Crippen molar-refractivity contribution in [2.45, 2.75) is 13.0 Å². The molecule has 1 aliphatic heterocycles. The molecule has 0 aliphatic carbocycles. The molecule has 5 nitrogen and oxygen atoms in total. The van der Waals surface area contributed by atoms with Crippen LogP contribution in [0.3, 0.4) is 0 Å². The lowest BCUT2D eigenvalue weighted by atomic mass is 9.90. The zero-order chi connectivity index (χ0) is 18.3. The molecule has 1 aliphatic rings. The van der Waals surface area contributed by atoms with Crippen LogP contribution in [0.4, 0.5) is 0 Å². The maximum atomic E-state index is 12.5. The lowest BCUT2D eigenvalue weighted by Gasteiger charge is -2.26. The van der Waals surface area contributed by atoms with Gasteiger partial charge < -0.3 is 19.1 Å². The van der Waals surface area contributed by atoms with Gasteiger partial charge in [-0.3, -0.25) is 4.79 Å². The van der Waals surface area contributed by atoms with E-state index in [1.807, 2.05) is 42.5 Å². The van der Waals surface area contributed by atoms with Gasteiger partial charge in [0.1, 0.15) is 5.75 Å². The number of nitrogens with zero attached hydrogens (tertiary/aromatic N) is 1. The SMILES string of the molecule is COc1cc2c(cc1OC)-c1c(-c3ccccc3)c(O)cc(=O)n1CC2. The van der Waals surface area contributed by atoms with Gasteiger partial charge in [0.25, 0.3) is 5.56 Å². The summed E-state index contributed by atoms with van der Waals surface area (Å²) in [6, 6.07) is 14.7. The van der Waals surface area contributed by atoms with E-state index in [0.29, 0.717) is 35.7 Å². The highest BCUT2D eigenvalue weighted by atomic mass is 16.5. The third-order valence-electron chi connectivity index (χ3n) is 4.82. The van der Waals surface area contributed by atoms with Gasteiger partial charge in [-0.25, -0.2) is 0 Å². The van der Waals surface area contributed by atoms with Crippen molar-refractivity contribution in [3.8, 4) is 39.6 Å². The fourth-order valence-electron chi connectivity index (χ4n) is 3.61. The second-order valence-corrected chi connectivity index (χ2v) is 6.22. The monoisotopic (exact) mass is 349 g/mol. The summed E-state index contributed by atoms with van der Waals surface area (Å²) in [7, 11) is 3.19. The van der Waals surface area contributed by atoms with Crippen LogP contribution in [-0.4, -0.2) is 23.9 Å². The average molecular weight is 349 g/mol. The molecular weight excluding hydrogens is 330 g/mol. The van der Waals surface area contributed by atoms with Crippen LogP contribution in [0.1, 0.15) is 5.56 Å². The predicted octanol–water partition coefficient (Wildman–Crippen LogP) is 3.46. The fourth-order valence-corrected chi connectivity index (χ4v) is 3.61. The molecule has 0 bridgehead atoms. The highest BCUT2D eigenvalue weighted by molar-refractivity contribution is 5.87. The summed E-state index contributed by atoms with van der Waals surface area (Å²) in [4.78, 5) is 12.5. The van der Waals surface area contributed by atoms with Gasteiger partial charge >= 0.3 is 0 Å². The molecule has 1 N–H and O–H groups in total. The highest BCUT2D eigenvalue weighted by Gasteiger charge is 2.25. The summed E-state index contributed by atoms with van der Waals surface area (Å²) in [5.41, 5.74) is 3.95. The zero-order valence-corrected chi connectivity index (χ0v) is 14.7. The maximum Gasteiger partial charge on any atom is 0.254 e. The summed E-state index contributed by atoms with van der Waals surface area (Å²) in [5, 5.41) is 10.6. The molecule has 2 heterocycles. The number of pyridine rings is 1. The lowest BCUT2D eigenvalue weighted by molar-refractivity contribution is 0.354. The van der Waals surface area contributed by atoms with Crippen LogP contribution in [-0.2, 0) is 13.0 Å². The molecule has 2 aromatic carbocycles. The van der Waals surface area contributed by atoms with Crippen molar-refractivity contribution in [1.82, 2.24) is 4.57 Å². The topological polar surface area (TPSA) is 60.7 Å². The van der Waals surface area contributed by atoms with Crippen LogP contribution in [0.5, 0.6) is 17.2 Å². The van der Waals surface area contributed by atoms with Crippen molar-refractivity contribution < 1.29 is 14.6 Å². The van der Waals surface area contributed by atoms with E-state index in [0.717, 1.165) is 16.7 Å². The quantitative estimate of drug-likeness (QED) is 0.787. The van der Waals surface area contributed by atoms with E-state index in [9.17, 15) is 9.90 Å². The van der Waals surface area contributed by atoms with Gasteiger partial charge in [0.15, 0.2) is 11.5 Å². The van der Waals surface area contributed by atoms with Crippen molar-refractivity contribution >= 4 is 0 Å². The predicted molar refractivity (Wildman–Crippen MR) is 100 cm³/mol.